The predicted molar refractivity (Wildman–Crippen MR) is 89.1 cm³/mol. The molecule has 0 bridgehead atoms. The highest BCUT2D eigenvalue weighted by Gasteiger charge is 2.09. The molecule has 1 rings (SSSR count). The lowest BCUT2D eigenvalue weighted by atomic mass is 10.0. The van der Waals surface area contributed by atoms with Crippen LogP contribution < -0.4 is 5.32 Å². The van der Waals surface area contributed by atoms with E-state index < -0.39 is 0 Å². The molecule has 1 unspecified atom stereocenters. The molecule has 0 saturated carbocycles. The van der Waals surface area contributed by atoms with Crippen molar-refractivity contribution in [3.63, 3.8) is 0 Å². The van der Waals surface area contributed by atoms with Gasteiger partial charge in [0.1, 0.15) is 0 Å². The van der Waals surface area contributed by atoms with E-state index >= 15 is 0 Å². The molecule has 1 N–H and O–H groups in total. The zero-order valence-electron chi connectivity index (χ0n) is 13.9. The third-order valence-electron chi connectivity index (χ3n) is 4.01. The summed E-state index contributed by atoms with van der Waals surface area (Å²) in [6.45, 7) is 12.3. The summed E-state index contributed by atoms with van der Waals surface area (Å²) in [5.74, 6) is 0.724. The molecule has 1 aromatic carbocycles. The van der Waals surface area contributed by atoms with Gasteiger partial charge in [-0.05, 0) is 56.9 Å². The smallest absolute Gasteiger partial charge is 0.0236 e. The topological polar surface area (TPSA) is 15.3 Å². The molecule has 0 amide bonds. The van der Waals surface area contributed by atoms with Crippen LogP contribution in [0.15, 0.2) is 24.3 Å². The molecule has 0 radical (unpaired) electrons. The van der Waals surface area contributed by atoms with E-state index in [1.165, 1.54) is 17.5 Å². The van der Waals surface area contributed by atoms with Crippen LogP contribution in [0.3, 0.4) is 0 Å². The van der Waals surface area contributed by atoms with E-state index in [0.717, 1.165) is 32.0 Å². The molecule has 0 aliphatic carbocycles. The van der Waals surface area contributed by atoms with E-state index in [4.69, 9.17) is 0 Å². The van der Waals surface area contributed by atoms with E-state index in [1.54, 1.807) is 0 Å². The normalized spacial score (nSPS) is 13.2. The molecule has 0 aliphatic rings. The van der Waals surface area contributed by atoms with Crippen molar-refractivity contribution in [3.8, 4) is 0 Å². The average Bonchev–Trinajstić information content (AvgIpc) is 2.44. The van der Waals surface area contributed by atoms with Gasteiger partial charge in [-0.1, -0.05) is 45.0 Å². The van der Waals surface area contributed by atoms with Crippen LogP contribution in [0.4, 0.5) is 0 Å². The van der Waals surface area contributed by atoms with Gasteiger partial charge < -0.3 is 5.32 Å². The van der Waals surface area contributed by atoms with Crippen LogP contribution >= 0.6 is 0 Å². The Morgan fingerprint density at radius 2 is 1.75 bits per heavy atom. The molecule has 20 heavy (non-hydrogen) atoms. The highest BCUT2D eigenvalue weighted by Crippen LogP contribution is 2.14. The van der Waals surface area contributed by atoms with E-state index in [-0.39, 0.29) is 0 Å². The van der Waals surface area contributed by atoms with Gasteiger partial charge in [-0.3, -0.25) is 4.90 Å². The Hall–Kier alpha value is -0.860. The summed E-state index contributed by atoms with van der Waals surface area (Å²) in [6.07, 6.45) is 2.33. The molecule has 1 atom stereocenters. The molecule has 1 aromatic rings. The van der Waals surface area contributed by atoms with E-state index in [9.17, 15) is 0 Å². The van der Waals surface area contributed by atoms with Crippen LogP contribution in [0.2, 0.25) is 0 Å². The van der Waals surface area contributed by atoms with Crippen molar-refractivity contribution in [2.45, 2.75) is 53.1 Å². The minimum atomic E-state index is 0.641. The van der Waals surface area contributed by atoms with Gasteiger partial charge >= 0.3 is 0 Å². The minimum absolute atomic E-state index is 0.641. The van der Waals surface area contributed by atoms with Crippen molar-refractivity contribution >= 4 is 0 Å². The van der Waals surface area contributed by atoms with Gasteiger partial charge in [0.25, 0.3) is 0 Å². The van der Waals surface area contributed by atoms with Crippen molar-refractivity contribution in [1.82, 2.24) is 10.2 Å². The SMILES string of the molecule is CCC(C)N(C)Cc1ccccc1CCNCC(C)C. The van der Waals surface area contributed by atoms with Crippen LogP contribution in [0.5, 0.6) is 0 Å². The summed E-state index contributed by atoms with van der Waals surface area (Å²) in [6, 6.07) is 9.50. The first-order valence-corrected chi connectivity index (χ1v) is 8.02. The van der Waals surface area contributed by atoms with Gasteiger partial charge in [0.15, 0.2) is 0 Å². The van der Waals surface area contributed by atoms with Crippen molar-refractivity contribution in [2.24, 2.45) is 5.92 Å². The van der Waals surface area contributed by atoms with E-state index in [0.29, 0.717) is 6.04 Å². The Morgan fingerprint density at radius 3 is 2.35 bits per heavy atom. The molecule has 0 saturated heterocycles. The quantitative estimate of drug-likeness (QED) is 0.692. The highest BCUT2D eigenvalue weighted by molar-refractivity contribution is 5.27. The van der Waals surface area contributed by atoms with Gasteiger partial charge in [-0.2, -0.15) is 0 Å². The van der Waals surface area contributed by atoms with Crippen LogP contribution in [0.1, 0.15) is 45.2 Å². The standard InChI is InChI=1S/C18H32N2/c1-6-16(4)20(5)14-18-10-8-7-9-17(18)11-12-19-13-15(2)3/h7-10,15-16,19H,6,11-14H2,1-5H3. The predicted octanol–water partition coefficient (Wildman–Crippen LogP) is 3.71. The first-order valence-electron chi connectivity index (χ1n) is 8.02. The maximum Gasteiger partial charge on any atom is 0.0236 e. The largest absolute Gasteiger partial charge is 0.316 e. The number of nitrogens with zero attached hydrogens (tertiary/aromatic N) is 1. The summed E-state index contributed by atoms with van der Waals surface area (Å²) in [5, 5.41) is 3.53. The summed E-state index contributed by atoms with van der Waals surface area (Å²) >= 11 is 0. The third kappa shape index (κ3) is 6.06. The van der Waals surface area contributed by atoms with Gasteiger partial charge in [0.2, 0.25) is 0 Å². The molecule has 0 fully saturated rings. The lowest BCUT2D eigenvalue weighted by Crippen LogP contribution is -2.28. The maximum atomic E-state index is 3.53. The second-order valence-corrected chi connectivity index (χ2v) is 6.29. The van der Waals surface area contributed by atoms with Crippen LogP contribution in [-0.4, -0.2) is 31.1 Å². The molecule has 0 aliphatic heterocycles. The maximum absolute atomic E-state index is 3.53. The molecular formula is C18H32N2. The zero-order valence-corrected chi connectivity index (χ0v) is 13.9. The average molecular weight is 276 g/mol. The summed E-state index contributed by atoms with van der Waals surface area (Å²) in [4.78, 5) is 2.44. The Kier molecular flexibility index (Phi) is 7.86. The molecule has 2 heteroatoms. The first kappa shape index (κ1) is 17.2. The van der Waals surface area contributed by atoms with Crippen molar-refractivity contribution < 1.29 is 0 Å². The number of nitrogens with one attached hydrogen (secondary N) is 1. The fraction of sp³-hybridized carbons (Fsp3) is 0.667. The van der Waals surface area contributed by atoms with Crippen LogP contribution in [0, 0.1) is 5.92 Å². The fourth-order valence-corrected chi connectivity index (χ4v) is 2.31. The van der Waals surface area contributed by atoms with Crippen molar-refractivity contribution in [3.05, 3.63) is 35.4 Å². The minimum Gasteiger partial charge on any atom is -0.316 e. The van der Waals surface area contributed by atoms with Crippen LogP contribution in [0.25, 0.3) is 0 Å². The van der Waals surface area contributed by atoms with E-state index in [1.807, 2.05) is 0 Å². The Labute approximate surface area is 125 Å². The van der Waals surface area contributed by atoms with Gasteiger partial charge in [-0.15, -0.1) is 0 Å². The Balaban J connectivity index is 2.54. The Bertz CT molecular complexity index is 373. The fourth-order valence-electron chi connectivity index (χ4n) is 2.31. The molecule has 2 nitrogen and oxygen atoms in total. The van der Waals surface area contributed by atoms with Crippen molar-refractivity contribution in [2.75, 3.05) is 20.1 Å². The van der Waals surface area contributed by atoms with Gasteiger partial charge in [-0.25, -0.2) is 0 Å². The second kappa shape index (κ2) is 9.15. The number of benzene rings is 1. The molecular weight excluding hydrogens is 244 g/mol. The lowest BCUT2D eigenvalue weighted by molar-refractivity contribution is 0.243. The molecule has 114 valence electrons. The molecule has 0 spiro atoms. The highest BCUT2D eigenvalue weighted by atomic mass is 15.1. The zero-order chi connectivity index (χ0) is 15.0. The van der Waals surface area contributed by atoms with E-state index in [2.05, 4.69) is 69.2 Å². The second-order valence-electron chi connectivity index (χ2n) is 6.29. The number of hydrogen-bond acceptors (Lipinski definition) is 2. The first-order chi connectivity index (χ1) is 9.54. The van der Waals surface area contributed by atoms with Crippen molar-refractivity contribution in [1.29, 1.82) is 0 Å². The Morgan fingerprint density at radius 1 is 1.10 bits per heavy atom. The third-order valence-corrected chi connectivity index (χ3v) is 4.01. The lowest BCUT2D eigenvalue weighted by Gasteiger charge is -2.24. The number of hydrogen-bond donors (Lipinski definition) is 1. The molecule has 0 heterocycles. The number of rotatable bonds is 9. The van der Waals surface area contributed by atoms with Gasteiger partial charge in [0, 0.05) is 12.6 Å². The van der Waals surface area contributed by atoms with Crippen LogP contribution in [-0.2, 0) is 13.0 Å². The summed E-state index contributed by atoms with van der Waals surface area (Å²) in [7, 11) is 2.22. The molecule has 0 aromatic heterocycles. The van der Waals surface area contributed by atoms with Gasteiger partial charge in [0.05, 0.1) is 0 Å². The monoisotopic (exact) mass is 276 g/mol. The summed E-state index contributed by atoms with van der Waals surface area (Å²) in [5.41, 5.74) is 2.96. The summed E-state index contributed by atoms with van der Waals surface area (Å²) < 4.78 is 0.